The summed E-state index contributed by atoms with van der Waals surface area (Å²) in [6.07, 6.45) is 3.59. The van der Waals surface area contributed by atoms with Crippen molar-refractivity contribution < 1.29 is 13.9 Å². The van der Waals surface area contributed by atoms with Gasteiger partial charge in [-0.3, -0.25) is 0 Å². The zero-order valence-corrected chi connectivity index (χ0v) is 13.2. The van der Waals surface area contributed by atoms with Crippen molar-refractivity contribution in [2.75, 3.05) is 6.61 Å². The SMILES string of the molecule is CCC(N)Cc1ccc(OCC2CCC(C)(C)O2)c(F)c1. The van der Waals surface area contributed by atoms with Gasteiger partial charge in [0.2, 0.25) is 0 Å². The second-order valence-electron chi connectivity index (χ2n) is 6.49. The smallest absolute Gasteiger partial charge is 0.165 e. The van der Waals surface area contributed by atoms with Crippen LogP contribution in [-0.2, 0) is 11.2 Å². The number of hydrogen-bond acceptors (Lipinski definition) is 3. The van der Waals surface area contributed by atoms with Gasteiger partial charge in [0.25, 0.3) is 0 Å². The Morgan fingerprint density at radius 1 is 1.48 bits per heavy atom. The molecule has 0 bridgehead atoms. The minimum atomic E-state index is -0.326. The topological polar surface area (TPSA) is 44.5 Å². The highest BCUT2D eigenvalue weighted by atomic mass is 19.1. The van der Waals surface area contributed by atoms with Gasteiger partial charge in [-0.15, -0.1) is 0 Å². The average Bonchev–Trinajstić information content (AvgIpc) is 2.77. The molecule has 4 heteroatoms. The van der Waals surface area contributed by atoms with Gasteiger partial charge in [-0.2, -0.15) is 0 Å². The fourth-order valence-corrected chi connectivity index (χ4v) is 2.61. The Morgan fingerprint density at radius 2 is 2.24 bits per heavy atom. The Hall–Kier alpha value is -1.13. The van der Waals surface area contributed by atoms with E-state index in [1.165, 1.54) is 6.07 Å². The van der Waals surface area contributed by atoms with Crippen molar-refractivity contribution in [2.45, 2.75) is 64.2 Å². The predicted molar refractivity (Wildman–Crippen MR) is 82.1 cm³/mol. The molecule has 3 nitrogen and oxygen atoms in total. The van der Waals surface area contributed by atoms with E-state index in [1.54, 1.807) is 6.07 Å². The van der Waals surface area contributed by atoms with Crippen molar-refractivity contribution in [3.8, 4) is 5.75 Å². The van der Waals surface area contributed by atoms with Crippen LogP contribution in [0.25, 0.3) is 0 Å². The first-order valence-corrected chi connectivity index (χ1v) is 7.74. The highest BCUT2D eigenvalue weighted by Crippen LogP contribution is 2.30. The van der Waals surface area contributed by atoms with Crippen molar-refractivity contribution in [1.82, 2.24) is 0 Å². The van der Waals surface area contributed by atoms with Crippen LogP contribution >= 0.6 is 0 Å². The van der Waals surface area contributed by atoms with Crippen LogP contribution in [0.2, 0.25) is 0 Å². The van der Waals surface area contributed by atoms with Gasteiger partial charge in [-0.1, -0.05) is 13.0 Å². The fraction of sp³-hybridized carbons (Fsp3) is 0.647. The molecule has 0 aliphatic carbocycles. The first-order chi connectivity index (χ1) is 9.89. The van der Waals surface area contributed by atoms with Gasteiger partial charge < -0.3 is 15.2 Å². The van der Waals surface area contributed by atoms with Crippen molar-refractivity contribution in [2.24, 2.45) is 5.73 Å². The number of rotatable bonds is 6. The molecular weight excluding hydrogens is 269 g/mol. The second kappa shape index (κ2) is 6.75. The molecule has 0 spiro atoms. The lowest BCUT2D eigenvalue weighted by Crippen LogP contribution is -2.24. The summed E-state index contributed by atoms with van der Waals surface area (Å²) in [5.41, 5.74) is 6.71. The number of ether oxygens (including phenoxy) is 2. The van der Waals surface area contributed by atoms with Crippen LogP contribution in [0.1, 0.15) is 45.6 Å². The quantitative estimate of drug-likeness (QED) is 0.874. The maximum Gasteiger partial charge on any atom is 0.165 e. The fourth-order valence-electron chi connectivity index (χ4n) is 2.61. The maximum absolute atomic E-state index is 14.0. The van der Waals surface area contributed by atoms with Gasteiger partial charge in [0.05, 0.1) is 11.7 Å². The standard InChI is InChI=1S/C17H26FNO2/c1-4-13(19)9-12-5-6-16(15(18)10-12)20-11-14-7-8-17(2,3)21-14/h5-6,10,13-14H,4,7-9,11,19H2,1-3H3. The van der Waals surface area contributed by atoms with E-state index in [0.29, 0.717) is 13.0 Å². The van der Waals surface area contributed by atoms with Crippen LogP contribution in [0.3, 0.4) is 0 Å². The van der Waals surface area contributed by atoms with Crippen LogP contribution in [0.5, 0.6) is 5.75 Å². The summed E-state index contributed by atoms with van der Waals surface area (Å²) in [5, 5.41) is 0. The summed E-state index contributed by atoms with van der Waals surface area (Å²) in [4.78, 5) is 0. The maximum atomic E-state index is 14.0. The van der Waals surface area contributed by atoms with Crippen LogP contribution in [0.15, 0.2) is 18.2 Å². The molecule has 1 saturated heterocycles. The Labute approximate surface area is 126 Å². The van der Waals surface area contributed by atoms with Crippen molar-refractivity contribution in [3.05, 3.63) is 29.6 Å². The minimum Gasteiger partial charge on any atom is -0.488 e. The third-order valence-corrected chi connectivity index (χ3v) is 4.00. The third-order valence-electron chi connectivity index (χ3n) is 4.00. The van der Waals surface area contributed by atoms with E-state index in [4.69, 9.17) is 15.2 Å². The van der Waals surface area contributed by atoms with Crippen LogP contribution in [0, 0.1) is 5.82 Å². The molecule has 0 saturated carbocycles. The summed E-state index contributed by atoms with van der Waals surface area (Å²) in [7, 11) is 0. The molecule has 0 aromatic heterocycles. The summed E-state index contributed by atoms with van der Waals surface area (Å²) in [6, 6.07) is 5.16. The van der Waals surface area contributed by atoms with Gasteiger partial charge in [0, 0.05) is 6.04 Å². The van der Waals surface area contributed by atoms with E-state index >= 15 is 0 Å². The molecule has 0 radical (unpaired) electrons. The van der Waals surface area contributed by atoms with Gasteiger partial charge in [0.15, 0.2) is 11.6 Å². The molecule has 1 aliphatic rings. The van der Waals surface area contributed by atoms with Gasteiger partial charge in [-0.25, -0.2) is 4.39 Å². The molecule has 1 aromatic carbocycles. The number of benzene rings is 1. The minimum absolute atomic E-state index is 0.0487. The Kier molecular flexibility index (Phi) is 5.22. The molecule has 1 fully saturated rings. The van der Waals surface area contributed by atoms with Crippen LogP contribution < -0.4 is 10.5 Å². The molecule has 118 valence electrons. The number of hydrogen-bond donors (Lipinski definition) is 1. The summed E-state index contributed by atoms with van der Waals surface area (Å²) in [5.74, 6) is -0.0369. The molecular formula is C17H26FNO2. The predicted octanol–water partition coefficient (Wildman–Crippen LogP) is 3.44. The normalized spacial score (nSPS) is 22.2. The Morgan fingerprint density at radius 3 is 2.81 bits per heavy atom. The monoisotopic (exact) mass is 295 g/mol. The van der Waals surface area contributed by atoms with E-state index in [1.807, 2.05) is 13.0 Å². The van der Waals surface area contributed by atoms with Crippen LogP contribution in [-0.4, -0.2) is 24.4 Å². The largest absolute Gasteiger partial charge is 0.488 e. The van der Waals surface area contributed by atoms with Crippen molar-refractivity contribution in [1.29, 1.82) is 0 Å². The zero-order chi connectivity index (χ0) is 15.5. The van der Waals surface area contributed by atoms with Gasteiger partial charge in [-0.05, 0) is 57.2 Å². The van der Waals surface area contributed by atoms with Crippen molar-refractivity contribution in [3.63, 3.8) is 0 Å². The van der Waals surface area contributed by atoms with E-state index in [-0.39, 0.29) is 29.3 Å². The third kappa shape index (κ3) is 4.68. The number of nitrogens with two attached hydrogens (primary N) is 1. The second-order valence-corrected chi connectivity index (χ2v) is 6.49. The molecule has 1 aromatic rings. The molecule has 2 N–H and O–H groups in total. The first-order valence-electron chi connectivity index (χ1n) is 7.74. The molecule has 1 heterocycles. The summed E-state index contributed by atoms with van der Waals surface area (Å²) in [6.45, 7) is 6.56. The Bertz CT molecular complexity index is 476. The lowest BCUT2D eigenvalue weighted by Gasteiger charge is -2.19. The molecule has 2 atom stereocenters. The van der Waals surface area contributed by atoms with E-state index in [9.17, 15) is 4.39 Å². The van der Waals surface area contributed by atoms with E-state index in [0.717, 1.165) is 24.8 Å². The molecule has 1 aliphatic heterocycles. The summed E-state index contributed by atoms with van der Waals surface area (Å²) >= 11 is 0. The number of halogens is 1. The van der Waals surface area contributed by atoms with Gasteiger partial charge in [0.1, 0.15) is 6.61 Å². The first kappa shape index (κ1) is 16.2. The van der Waals surface area contributed by atoms with Crippen LogP contribution in [0.4, 0.5) is 4.39 Å². The molecule has 0 amide bonds. The average molecular weight is 295 g/mol. The van der Waals surface area contributed by atoms with E-state index < -0.39 is 0 Å². The molecule has 2 unspecified atom stereocenters. The summed E-state index contributed by atoms with van der Waals surface area (Å²) < 4.78 is 25.4. The Balaban J connectivity index is 1.89. The van der Waals surface area contributed by atoms with Gasteiger partial charge >= 0.3 is 0 Å². The molecule has 21 heavy (non-hydrogen) atoms. The van der Waals surface area contributed by atoms with E-state index in [2.05, 4.69) is 13.8 Å². The molecule has 2 rings (SSSR count). The lowest BCUT2D eigenvalue weighted by molar-refractivity contribution is -0.0330. The zero-order valence-electron chi connectivity index (χ0n) is 13.2. The lowest BCUT2D eigenvalue weighted by atomic mass is 10.0. The highest BCUT2D eigenvalue weighted by molar-refractivity contribution is 5.29. The van der Waals surface area contributed by atoms with Crippen molar-refractivity contribution >= 4 is 0 Å². The highest BCUT2D eigenvalue weighted by Gasteiger charge is 2.32.